The molecule has 2 atom stereocenters. The summed E-state index contributed by atoms with van der Waals surface area (Å²) in [5.74, 6) is -4.27. The van der Waals surface area contributed by atoms with Crippen LogP contribution in [0, 0.1) is 0 Å². The van der Waals surface area contributed by atoms with E-state index in [-0.39, 0.29) is 24.8 Å². The van der Waals surface area contributed by atoms with Crippen molar-refractivity contribution in [1.82, 2.24) is 35.4 Å². The lowest BCUT2D eigenvalue weighted by atomic mass is 10.1. The zero-order valence-electron chi connectivity index (χ0n) is 26.8. The van der Waals surface area contributed by atoms with Gasteiger partial charge in [-0.05, 0) is 61.2 Å². The summed E-state index contributed by atoms with van der Waals surface area (Å²) in [6, 6.07) is 8.70. The van der Waals surface area contributed by atoms with E-state index in [1.54, 1.807) is 69.2 Å². The van der Waals surface area contributed by atoms with Gasteiger partial charge in [-0.3, -0.25) is 14.0 Å². The molecule has 17 nitrogen and oxygen atoms in total. The first-order chi connectivity index (χ1) is 23.9. The standard InChI is InChI=1S/C32H37FN8O9/c33-13-1-2-23-19-41(38-37-23)24-9-5-21(6-10-24)28(44)39-14-16-40(17-15-39)32(50)34-22-7-3-20(4-8-22)18-26(30(47)48)36-31(49)35-25(29(45)46)11-12-27(42)43/h3-10,19,25-26H,1-2,11-18H2,(H,34,50)(H,42,43)(H,45,46)(H,47,48)(H2,35,36,49)/t25?,26-/m0/s1. The van der Waals surface area contributed by atoms with Crippen LogP contribution >= 0.6 is 0 Å². The number of carbonyl (C=O) groups is 6. The number of hydrogen-bond donors (Lipinski definition) is 6. The first kappa shape index (κ1) is 36.8. The molecule has 2 heterocycles. The van der Waals surface area contributed by atoms with E-state index >= 15 is 0 Å². The van der Waals surface area contributed by atoms with Crippen molar-refractivity contribution in [3.05, 3.63) is 71.5 Å². The Balaban J connectivity index is 1.24. The molecule has 1 fully saturated rings. The van der Waals surface area contributed by atoms with Gasteiger partial charge in [-0.25, -0.2) is 23.9 Å². The minimum Gasteiger partial charge on any atom is -0.481 e. The van der Waals surface area contributed by atoms with Gasteiger partial charge in [0.1, 0.15) is 12.1 Å². The molecule has 4 rings (SSSR count). The van der Waals surface area contributed by atoms with Crippen LogP contribution in [0.2, 0.25) is 0 Å². The van der Waals surface area contributed by atoms with Gasteiger partial charge in [-0.2, -0.15) is 0 Å². The monoisotopic (exact) mass is 696 g/mol. The number of nitrogens with zero attached hydrogens (tertiary/aromatic N) is 5. The van der Waals surface area contributed by atoms with E-state index in [4.69, 9.17) is 5.11 Å². The summed E-state index contributed by atoms with van der Waals surface area (Å²) in [6.45, 7) is 0.792. The highest BCUT2D eigenvalue weighted by atomic mass is 19.1. The van der Waals surface area contributed by atoms with Crippen molar-refractivity contribution in [1.29, 1.82) is 0 Å². The van der Waals surface area contributed by atoms with Crippen LogP contribution in [0.4, 0.5) is 19.7 Å². The zero-order valence-corrected chi connectivity index (χ0v) is 26.8. The van der Waals surface area contributed by atoms with Crippen LogP contribution in [-0.4, -0.2) is 121 Å². The molecule has 50 heavy (non-hydrogen) atoms. The second-order valence-electron chi connectivity index (χ2n) is 11.4. The predicted molar refractivity (Wildman–Crippen MR) is 174 cm³/mol. The van der Waals surface area contributed by atoms with E-state index in [1.807, 2.05) is 0 Å². The molecule has 5 amide bonds. The number of piperazine rings is 1. The van der Waals surface area contributed by atoms with Crippen LogP contribution in [-0.2, 0) is 27.2 Å². The normalized spacial score (nSPS) is 13.9. The van der Waals surface area contributed by atoms with Gasteiger partial charge >= 0.3 is 30.0 Å². The Morgan fingerprint density at radius 2 is 1.44 bits per heavy atom. The van der Waals surface area contributed by atoms with Crippen LogP contribution in [0.3, 0.4) is 0 Å². The average molecular weight is 697 g/mol. The number of alkyl halides is 1. The maximum Gasteiger partial charge on any atom is 0.326 e. The van der Waals surface area contributed by atoms with Gasteiger partial charge in [0.2, 0.25) is 0 Å². The minimum atomic E-state index is -1.52. The van der Waals surface area contributed by atoms with Crippen LogP contribution < -0.4 is 16.0 Å². The second-order valence-corrected chi connectivity index (χ2v) is 11.4. The third kappa shape index (κ3) is 10.5. The lowest BCUT2D eigenvalue weighted by Crippen LogP contribution is -2.51. The number of aromatic nitrogens is 3. The molecule has 1 saturated heterocycles. The molecule has 1 aromatic heterocycles. The van der Waals surface area contributed by atoms with Gasteiger partial charge in [-0.15, -0.1) is 5.10 Å². The summed E-state index contributed by atoms with van der Waals surface area (Å²) in [6.07, 6.45) is 1.53. The summed E-state index contributed by atoms with van der Waals surface area (Å²) in [5.41, 5.74) is 2.79. The third-order valence-corrected chi connectivity index (χ3v) is 7.84. The number of carboxylic acids is 3. The first-order valence-electron chi connectivity index (χ1n) is 15.7. The second kappa shape index (κ2) is 17.4. The Kier molecular flexibility index (Phi) is 12.8. The minimum absolute atomic E-state index is 0.161. The number of amides is 5. The van der Waals surface area contributed by atoms with E-state index < -0.39 is 49.1 Å². The molecule has 18 heteroatoms. The van der Waals surface area contributed by atoms with Crippen LogP contribution in [0.5, 0.6) is 0 Å². The van der Waals surface area contributed by atoms with E-state index in [9.17, 15) is 43.4 Å². The van der Waals surface area contributed by atoms with E-state index in [0.717, 1.165) is 0 Å². The topological polar surface area (TPSA) is 236 Å². The van der Waals surface area contributed by atoms with E-state index in [2.05, 4.69) is 26.3 Å². The van der Waals surface area contributed by atoms with Gasteiger partial charge < -0.3 is 41.1 Å². The number of carboxylic acid groups (broad SMARTS) is 3. The smallest absolute Gasteiger partial charge is 0.326 e. The highest BCUT2D eigenvalue weighted by Gasteiger charge is 2.27. The Morgan fingerprint density at radius 3 is 2.04 bits per heavy atom. The predicted octanol–water partition coefficient (Wildman–Crippen LogP) is 1.77. The number of urea groups is 2. The van der Waals surface area contributed by atoms with Gasteiger partial charge in [0.25, 0.3) is 5.91 Å². The maximum absolute atomic E-state index is 13.1. The van der Waals surface area contributed by atoms with Gasteiger partial charge in [0.15, 0.2) is 0 Å². The lowest BCUT2D eigenvalue weighted by molar-refractivity contribution is -0.140. The fourth-order valence-electron chi connectivity index (χ4n) is 5.08. The maximum atomic E-state index is 13.1. The summed E-state index contributed by atoms with van der Waals surface area (Å²) < 4.78 is 14.0. The molecule has 2 aromatic carbocycles. The largest absolute Gasteiger partial charge is 0.481 e. The Morgan fingerprint density at radius 1 is 0.820 bits per heavy atom. The summed E-state index contributed by atoms with van der Waals surface area (Å²) >= 11 is 0. The number of nitrogens with one attached hydrogen (secondary N) is 3. The molecule has 0 radical (unpaired) electrons. The quantitative estimate of drug-likeness (QED) is 0.134. The summed E-state index contributed by atoms with van der Waals surface area (Å²) in [4.78, 5) is 75.3. The number of aliphatic carboxylic acids is 3. The van der Waals surface area contributed by atoms with Crippen molar-refractivity contribution in [2.75, 3.05) is 38.2 Å². The number of benzene rings is 2. The molecular weight excluding hydrogens is 659 g/mol. The van der Waals surface area contributed by atoms with Crippen molar-refractivity contribution >= 4 is 41.6 Å². The molecule has 6 N–H and O–H groups in total. The number of halogens is 1. The molecule has 0 aliphatic carbocycles. The van der Waals surface area contributed by atoms with E-state index in [0.29, 0.717) is 67.2 Å². The molecule has 0 bridgehead atoms. The van der Waals surface area contributed by atoms with Crippen molar-refractivity contribution in [2.45, 2.75) is 44.2 Å². The van der Waals surface area contributed by atoms with Gasteiger partial charge in [-0.1, -0.05) is 17.3 Å². The Hall–Kier alpha value is -6.07. The third-order valence-electron chi connectivity index (χ3n) is 7.84. The molecule has 1 aliphatic rings. The number of aryl methyl sites for hydroxylation is 1. The summed E-state index contributed by atoms with van der Waals surface area (Å²) in [7, 11) is 0. The number of carbonyl (C=O) groups excluding carboxylic acids is 3. The lowest BCUT2D eigenvalue weighted by Gasteiger charge is -2.34. The average Bonchev–Trinajstić information content (AvgIpc) is 3.58. The van der Waals surface area contributed by atoms with Crippen molar-refractivity contribution in [3.8, 4) is 5.69 Å². The fraction of sp³-hybridized carbons (Fsp3) is 0.375. The highest BCUT2D eigenvalue weighted by molar-refractivity contribution is 5.95. The number of rotatable bonds is 15. The zero-order chi connectivity index (χ0) is 36.2. The Labute approximate surface area is 285 Å². The molecule has 0 spiro atoms. The molecule has 266 valence electrons. The van der Waals surface area contributed by atoms with Gasteiger partial charge in [0, 0.05) is 50.3 Å². The van der Waals surface area contributed by atoms with Crippen molar-refractivity contribution < 1.29 is 48.5 Å². The highest BCUT2D eigenvalue weighted by Crippen LogP contribution is 2.16. The van der Waals surface area contributed by atoms with Crippen LogP contribution in [0.15, 0.2) is 54.7 Å². The number of anilines is 1. The van der Waals surface area contributed by atoms with E-state index in [1.165, 1.54) is 0 Å². The van der Waals surface area contributed by atoms with Crippen molar-refractivity contribution in [3.63, 3.8) is 0 Å². The SMILES string of the molecule is O=C(O)CCC(NC(=O)N[C@@H](Cc1ccc(NC(=O)N2CCN(C(=O)c3ccc(-n4cc(CCCF)nn4)cc3)CC2)cc1)C(=O)O)C(=O)O. The Bertz CT molecular complexity index is 1680. The summed E-state index contributed by atoms with van der Waals surface area (Å²) in [5, 5.41) is 42.6. The van der Waals surface area contributed by atoms with Crippen LogP contribution in [0.25, 0.3) is 5.69 Å². The van der Waals surface area contributed by atoms with Crippen molar-refractivity contribution in [2.24, 2.45) is 0 Å². The molecule has 0 saturated carbocycles. The molecule has 3 aromatic rings. The number of hydrogen-bond acceptors (Lipinski definition) is 8. The van der Waals surface area contributed by atoms with Crippen LogP contribution in [0.1, 0.15) is 40.9 Å². The van der Waals surface area contributed by atoms with Gasteiger partial charge in [0.05, 0.1) is 24.3 Å². The first-order valence-corrected chi connectivity index (χ1v) is 15.7. The molecule has 1 aliphatic heterocycles. The molecule has 1 unspecified atom stereocenters. The fourth-order valence-corrected chi connectivity index (χ4v) is 5.08. The molecular formula is C32H37FN8O9.